The molecule has 1 aromatic heterocycles. The molecule has 1 saturated heterocycles. The molecule has 0 bridgehead atoms. The third-order valence-electron chi connectivity index (χ3n) is 5.73. The van der Waals surface area contributed by atoms with Crippen molar-refractivity contribution in [2.45, 2.75) is 20.4 Å². The average Bonchev–Trinajstić information content (AvgIpc) is 2.76. The highest BCUT2D eigenvalue weighted by Crippen LogP contribution is 2.13. The fraction of sp³-hybridized carbons (Fsp3) is 0.333. The van der Waals surface area contributed by atoms with E-state index in [9.17, 15) is 14.4 Å². The Labute approximate surface area is 196 Å². The van der Waals surface area contributed by atoms with Gasteiger partial charge in [0.25, 0.3) is 11.5 Å². The highest BCUT2D eigenvalue weighted by Gasteiger charge is 2.27. The summed E-state index contributed by atoms with van der Waals surface area (Å²) in [5, 5.41) is 4.78. The van der Waals surface area contributed by atoms with Crippen LogP contribution in [-0.2, 0) is 6.54 Å². The standard InChI is InChI=1S/C24H26ClN5O3/c1-16-11-17(2)13-20(12-16)30-24(33)29(15-18-5-4-6-19(25)14-18)23(32)21(26-30)22(31)28-9-7-27(3)8-10-28/h4-6,11-14H,7-10,15H2,1-3H3. The molecule has 1 fully saturated rings. The summed E-state index contributed by atoms with van der Waals surface area (Å²) < 4.78 is 2.20. The van der Waals surface area contributed by atoms with Crippen molar-refractivity contribution in [3.8, 4) is 5.69 Å². The quantitative estimate of drug-likeness (QED) is 0.587. The van der Waals surface area contributed by atoms with Crippen molar-refractivity contribution in [2.24, 2.45) is 0 Å². The predicted molar refractivity (Wildman–Crippen MR) is 128 cm³/mol. The maximum atomic E-state index is 13.4. The van der Waals surface area contributed by atoms with E-state index >= 15 is 0 Å². The third kappa shape index (κ3) is 4.91. The van der Waals surface area contributed by atoms with E-state index in [1.807, 2.05) is 27.0 Å². The lowest BCUT2D eigenvalue weighted by molar-refractivity contribution is 0.0652. The molecule has 0 radical (unpaired) electrons. The van der Waals surface area contributed by atoms with Gasteiger partial charge in [0, 0.05) is 31.2 Å². The number of hydrogen-bond donors (Lipinski definition) is 0. The lowest BCUT2D eigenvalue weighted by Gasteiger charge is -2.32. The van der Waals surface area contributed by atoms with Crippen LogP contribution in [0.15, 0.2) is 52.1 Å². The van der Waals surface area contributed by atoms with E-state index in [0.717, 1.165) is 20.4 Å². The molecule has 0 aliphatic carbocycles. The summed E-state index contributed by atoms with van der Waals surface area (Å²) in [6.07, 6.45) is 0. The number of nitrogens with zero attached hydrogens (tertiary/aromatic N) is 5. The third-order valence-corrected chi connectivity index (χ3v) is 5.97. The number of piperazine rings is 1. The Balaban J connectivity index is 1.87. The van der Waals surface area contributed by atoms with Crippen LogP contribution >= 0.6 is 11.6 Å². The number of carbonyl (C=O) groups excluding carboxylic acids is 1. The van der Waals surface area contributed by atoms with Gasteiger partial charge in [0.15, 0.2) is 0 Å². The molecule has 1 aliphatic heterocycles. The zero-order chi connectivity index (χ0) is 23.7. The number of likely N-dealkylation sites (N-methyl/N-ethyl adjacent to an activating group) is 1. The largest absolute Gasteiger partial charge is 0.352 e. The fourth-order valence-corrected chi connectivity index (χ4v) is 4.22. The number of hydrogen-bond acceptors (Lipinski definition) is 5. The molecule has 9 heteroatoms. The van der Waals surface area contributed by atoms with Crippen molar-refractivity contribution < 1.29 is 4.79 Å². The number of benzene rings is 2. The second-order valence-electron chi connectivity index (χ2n) is 8.51. The number of aromatic nitrogens is 3. The first-order chi connectivity index (χ1) is 15.7. The van der Waals surface area contributed by atoms with Gasteiger partial charge in [-0.05, 0) is 61.9 Å². The zero-order valence-corrected chi connectivity index (χ0v) is 19.7. The first-order valence-electron chi connectivity index (χ1n) is 10.8. The van der Waals surface area contributed by atoms with Crippen molar-refractivity contribution >= 4 is 17.5 Å². The van der Waals surface area contributed by atoms with Crippen molar-refractivity contribution in [3.63, 3.8) is 0 Å². The molecule has 0 atom stereocenters. The normalized spacial score (nSPS) is 14.5. The van der Waals surface area contributed by atoms with E-state index < -0.39 is 17.2 Å². The molecular weight excluding hydrogens is 442 g/mol. The molecule has 0 unspecified atom stereocenters. The molecule has 33 heavy (non-hydrogen) atoms. The molecule has 3 aromatic rings. The van der Waals surface area contributed by atoms with Gasteiger partial charge in [-0.3, -0.25) is 14.2 Å². The Bertz CT molecular complexity index is 1300. The van der Waals surface area contributed by atoms with Crippen LogP contribution in [0.3, 0.4) is 0 Å². The molecule has 8 nitrogen and oxygen atoms in total. The van der Waals surface area contributed by atoms with Crippen LogP contribution in [0.2, 0.25) is 5.02 Å². The van der Waals surface area contributed by atoms with Crippen molar-refractivity contribution in [3.05, 3.63) is 90.7 Å². The van der Waals surface area contributed by atoms with Crippen LogP contribution in [0.5, 0.6) is 0 Å². The van der Waals surface area contributed by atoms with Crippen LogP contribution in [0, 0.1) is 13.8 Å². The first kappa shape index (κ1) is 22.9. The van der Waals surface area contributed by atoms with Crippen LogP contribution < -0.4 is 11.2 Å². The zero-order valence-electron chi connectivity index (χ0n) is 18.9. The Morgan fingerprint density at radius 3 is 2.30 bits per heavy atom. The summed E-state index contributed by atoms with van der Waals surface area (Å²) in [6, 6.07) is 12.5. The summed E-state index contributed by atoms with van der Waals surface area (Å²) in [4.78, 5) is 43.8. The van der Waals surface area contributed by atoms with Gasteiger partial charge in [-0.25, -0.2) is 4.79 Å². The molecule has 1 amide bonds. The molecule has 2 aromatic carbocycles. The van der Waals surface area contributed by atoms with Crippen molar-refractivity contribution in [1.29, 1.82) is 0 Å². The van der Waals surface area contributed by atoms with Gasteiger partial charge in [0.05, 0.1) is 12.2 Å². The lowest BCUT2D eigenvalue weighted by atomic mass is 10.1. The van der Waals surface area contributed by atoms with E-state index in [1.54, 1.807) is 41.3 Å². The summed E-state index contributed by atoms with van der Waals surface area (Å²) >= 11 is 6.10. The van der Waals surface area contributed by atoms with Gasteiger partial charge in [0.1, 0.15) is 0 Å². The minimum atomic E-state index is -0.704. The Morgan fingerprint density at radius 1 is 1.00 bits per heavy atom. The Kier molecular flexibility index (Phi) is 6.49. The topological polar surface area (TPSA) is 80.4 Å². The van der Waals surface area contributed by atoms with E-state index in [0.29, 0.717) is 42.5 Å². The monoisotopic (exact) mass is 467 g/mol. The van der Waals surface area contributed by atoms with Crippen molar-refractivity contribution in [2.75, 3.05) is 33.2 Å². The number of amides is 1. The second kappa shape index (κ2) is 9.33. The highest BCUT2D eigenvalue weighted by atomic mass is 35.5. The lowest BCUT2D eigenvalue weighted by Crippen LogP contribution is -2.51. The molecular formula is C24H26ClN5O3. The first-order valence-corrected chi connectivity index (χ1v) is 11.2. The molecule has 0 N–H and O–H groups in total. The molecule has 2 heterocycles. The van der Waals surface area contributed by atoms with E-state index in [1.165, 1.54) is 0 Å². The Morgan fingerprint density at radius 2 is 1.67 bits per heavy atom. The van der Waals surface area contributed by atoms with Gasteiger partial charge >= 0.3 is 5.69 Å². The summed E-state index contributed by atoms with van der Waals surface area (Å²) in [5.41, 5.74) is 1.49. The van der Waals surface area contributed by atoms with E-state index in [2.05, 4.69) is 10.00 Å². The molecule has 4 rings (SSSR count). The number of carbonyl (C=O) groups is 1. The Hall–Kier alpha value is -3.23. The SMILES string of the molecule is Cc1cc(C)cc(-n2nc(C(=O)N3CCN(C)CC3)c(=O)n(Cc3cccc(Cl)c3)c2=O)c1. The van der Waals surface area contributed by atoms with Crippen LogP contribution in [-0.4, -0.2) is 63.3 Å². The average molecular weight is 468 g/mol. The maximum Gasteiger partial charge on any atom is 0.352 e. The summed E-state index contributed by atoms with van der Waals surface area (Å²) in [6.45, 7) is 6.22. The van der Waals surface area contributed by atoms with Crippen molar-refractivity contribution in [1.82, 2.24) is 24.1 Å². The fourth-order valence-electron chi connectivity index (χ4n) is 4.01. The molecule has 172 valence electrons. The molecule has 0 spiro atoms. The summed E-state index contributed by atoms with van der Waals surface area (Å²) in [5.74, 6) is -0.467. The van der Waals surface area contributed by atoms with Gasteiger partial charge < -0.3 is 9.80 Å². The van der Waals surface area contributed by atoms with Gasteiger partial charge in [-0.15, -0.1) is 0 Å². The van der Waals surface area contributed by atoms with Crippen LogP contribution in [0.4, 0.5) is 0 Å². The highest BCUT2D eigenvalue weighted by molar-refractivity contribution is 6.30. The molecule has 1 aliphatic rings. The summed E-state index contributed by atoms with van der Waals surface area (Å²) in [7, 11) is 1.98. The van der Waals surface area contributed by atoms with E-state index in [-0.39, 0.29) is 12.2 Å². The number of aryl methyl sites for hydroxylation is 2. The van der Waals surface area contributed by atoms with Gasteiger partial charge in [0.2, 0.25) is 5.69 Å². The van der Waals surface area contributed by atoms with Gasteiger partial charge in [-0.2, -0.15) is 9.78 Å². The minimum absolute atomic E-state index is 0.0193. The predicted octanol–water partition coefficient (Wildman–Crippen LogP) is 2.10. The maximum absolute atomic E-state index is 13.4. The van der Waals surface area contributed by atoms with Crippen LogP contribution in [0.1, 0.15) is 27.2 Å². The van der Waals surface area contributed by atoms with Gasteiger partial charge in [-0.1, -0.05) is 29.8 Å². The second-order valence-corrected chi connectivity index (χ2v) is 8.94. The minimum Gasteiger partial charge on any atom is -0.335 e. The number of halogens is 1. The van der Waals surface area contributed by atoms with Crippen LogP contribution in [0.25, 0.3) is 5.69 Å². The number of rotatable bonds is 4. The smallest absolute Gasteiger partial charge is 0.335 e. The molecule has 0 saturated carbocycles. The van der Waals surface area contributed by atoms with E-state index in [4.69, 9.17) is 11.6 Å².